The van der Waals surface area contributed by atoms with Gasteiger partial charge in [-0.25, -0.2) is 0 Å². The summed E-state index contributed by atoms with van der Waals surface area (Å²) < 4.78 is 0. The van der Waals surface area contributed by atoms with Gasteiger partial charge in [-0.05, 0) is 55.9 Å². The SMILES string of the molecule is CC(C)(C)NC(=O)C1CNCCN1CC(O)CC(Cc1ccccc1)C(=O)NC1c2ccccc2CC1O.ClCc1ccccc1. The Morgan fingerprint density at radius 1 is 0.978 bits per heavy atom. The number of rotatable bonds is 10. The van der Waals surface area contributed by atoms with Crippen molar-refractivity contribution in [3.63, 3.8) is 0 Å². The van der Waals surface area contributed by atoms with Gasteiger partial charge in [0.15, 0.2) is 0 Å². The van der Waals surface area contributed by atoms with Crippen LogP contribution in [0, 0.1) is 5.92 Å². The standard InChI is InChI=1S/C30H42N4O4.C7H7Cl/c1-30(2,3)33-29(38)25-18-31-13-14-34(25)19-23(35)16-22(15-20-9-5-4-6-10-20)28(37)32-27-24-12-8-7-11-21(24)17-26(27)36;8-6-7-4-2-1-3-5-7/h4-12,22-23,25-27,31,35-36H,13-19H2,1-3H3,(H,32,37)(H,33,38);1-5H,6H2. The van der Waals surface area contributed by atoms with Crippen LogP contribution >= 0.6 is 11.6 Å². The third kappa shape index (κ3) is 10.6. The van der Waals surface area contributed by atoms with E-state index in [9.17, 15) is 19.8 Å². The number of nitrogens with one attached hydrogen (secondary N) is 3. The molecule has 1 heterocycles. The van der Waals surface area contributed by atoms with Gasteiger partial charge >= 0.3 is 0 Å². The minimum absolute atomic E-state index is 0.0654. The number of amides is 2. The number of aliphatic hydroxyl groups is 2. The van der Waals surface area contributed by atoms with Crippen LogP contribution < -0.4 is 16.0 Å². The molecule has 0 bridgehead atoms. The molecule has 5 unspecified atom stereocenters. The number of aliphatic hydroxyl groups excluding tert-OH is 2. The van der Waals surface area contributed by atoms with E-state index >= 15 is 0 Å². The fourth-order valence-electron chi connectivity index (χ4n) is 6.12. The second-order valence-electron chi connectivity index (χ2n) is 13.3. The molecule has 2 amide bonds. The van der Waals surface area contributed by atoms with E-state index in [0.717, 1.165) is 23.2 Å². The van der Waals surface area contributed by atoms with Gasteiger partial charge in [-0.2, -0.15) is 0 Å². The number of hydrogen-bond donors (Lipinski definition) is 5. The van der Waals surface area contributed by atoms with Crippen LogP contribution in [0.4, 0.5) is 0 Å². The number of carbonyl (C=O) groups excluding carboxylic acids is 2. The predicted octanol–water partition coefficient (Wildman–Crippen LogP) is 3.98. The first-order chi connectivity index (χ1) is 22.0. The number of benzene rings is 3. The van der Waals surface area contributed by atoms with Gasteiger partial charge in [-0.3, -0.25) is 14.5 Å². The van der Waals surface area contributed by atoms with Crippen molar-refractivity contribution in [2.75, 3.05) is 26.2 Å². The summed E-state index contributed by atoms with van der Waals surface area (Å²) in [5.41, 5.74) is 3.83. The third-order valence-electron chi connectivity index (χ3n) is 8.35. The maximum Gasteiger partial charge on any atom is 0.239 e. The number of carbonyl (C=O) groups is 2. The van der Waals surface area contributed by atoms with Crippen molar-refractivity contribution in [1.82, 2.24) is 20.9 Å². The first-order valence-electron chi connectivity index (χ1n) is 16.2. The predicted molar refractivity (Wildman–Crippen MR) is 183 cm³/mol. The highest BCUT2D eigenvalue weighted by atomic mass is 35.5. The van der Waals surface area contributed by atoms with Gasteiger partial charge in [0.05, 0.1) is 18.2 Å². The molecule has 1 aliphatic carbocycles. The van der Waals surface area contributed by atoms with E-state index in [2.05, 4.69) is 16.0 Å². The molecule has 9 heteroatoms. The molecule has 0 radical (unpaired) electrons. The summed E-state index contributed by atoms with van der Waals surface area (Å²) >= 11 is 5.53. The molecule has 1 saturated heterocycles. The number of fused-ring (bicyclic) bond motifs is 1. The topological polar surface area (TPSA) is 114 Å². The van der Waals surface area contributed by atoms with E-state index in [1.165, 1.54) is 5.56 Å². The Morgan fingerprint density at radius 3 is 2.24 bits per heavy atom. The Hall–Kier alpha value is -3.27. The Labute approximate surface area is 278 Å². The summed E-state index contributed by atoms with van der Waals surface area (Å²) in [6.45, 7) is 8.05. The van der Waals surface area contributed by atoms with Crippen LogP contribution in [0.25, 0.3) is 0 Å². The molecule has 1 fully saturated rings. The normalized spacial score (nSPS) is 20.9. The largest absolute Gasteiger partial charge is 0.392 e. The number of halogens is 1. The zero-order valence-electron chi connectivity index (χ0n) is 27.2. The van der Waals surface area contributed by atoms with Crippen molar-refractivity contribution in [3.05, 3.63) is 107 Å². The van der Waals surface area contributed by atoms with Crippen molar-refractivity contribution in [2.24, 2.45) is 5.92 Å². The van der Waals surface area contributed by atoms with E-state index in [-0.39, 0.29) is 29.8 Å². The minimum Gasteiger partial charge on any atom is -0.392 e. The lowest BCUT2D eigenvalue weighted by molar-refractivity contribution is -0.130. The number of piperazine rings is 1. The lowest BCUT2D eigenvalue weighted by atomic mass is 9.91. The lowest BCUT2D eigenvalue weighted by Crippen LogP contribution is -2.61. The smallest absolute Gasteiger partial charge is 0.239 e. The van der Waals surface area contributed by atoms with Crippen molar-refractivity contribution >= 4 is 23.4 Å². The summed E-state index contributed by atoms with van der Waals surface area (Å²) in [6, 6.07) is 26.7. The molecule has 248 valence electrons. The highest BCUT2D eigenvalue weighted by Gasteiger charge is 2.36. The Bertz CT molecular complexity index is 1380. The first kappa shape index (κ1) is 35.6. The van der Waals surface area contributed by atoms with Crippen LogP contribution in [-0.4, -0.2) is 76.9 Å². The summed E-state index contributed by atoms with van der Waals surface area (Å²) in [4.78, 5) is 28.5. The van der Waals surface area contributed by atoms with Crippen LogP contribution in [0.2, 0.25) is 0 Å². The lowest BCUT2D eigenvalue weighted by Gasteiger charge is -2.38. The van der Waals surface area contributed by atoms with E-state index in [0.29, 0.717) is 38.4 Å². The molecule has 3 aromatic rings. The fourth-order valence-corrected chi connectivity index (χ4v) is 6.30. The molecular weight excluding hydrogens is 600 g/mol. The van der Waals surface area contributed by atoms with Crippen LogP contribution in [0.1, 0.15) is 55.5 Å². The molecule has 5 atom stereocenters. The molecule has 3 aromatic carbocycles. The van der Waals surface area contributed by atoms with E-state index < -0.39 is 24.2 Å². The number of hydrogen-bond acceptors (Lipinski definition) is 6. The van der Waals surface area contributed by atoms with E-state index in [4.69, 9.17) is 11.6 Å². The molecule has 46 heavy (non-hydrogen) atoms. The van der Waals surface area contributed by atoms with E-state index in [1.54, 1.807) is 0 Å². The van der Waals surface area contributed by atoms with Gasteiger partial charge in [0.2, 0.25) is 11.8 Å². The molecular formula is C37H49ClN4O4. The Morgan fingerprint density at radius 2 is 1.61 bits per heavy atom. The quantitative estimate of drug-likeness (QED) is 0.213. The van der Waals surface area contributed by atoms with Crippen molar-refractivity contribution in [2.45, 2.75) is 75.7 Å². The van der Waals surface area contributed by atoms with Gasteiger partial charge in [0.1, 0.15) is 6.04 Å². The fraction of sp³-hybridized carbons (Fsp3) is 0.459. The second-order valence-corrected chi connectivity index (χ2v) is 13.6. The number of β-amino-alcohol motifs (C(OH)–C–C–N with tert-alkyl or cyclic N) is 1. The van der Waals surface area contributed by atoms with Gasteiger partial charge in [-0.15, -0.1) is 11.6 Å². The number of nitrogens with zero attached hydrogens (tertiary/aromatic N) is 1. The van der Waals surface area contributed by atoms with Crippen LogP contribution in [0.15, 0.2) is 84.9 Å². The van der Waals surface area contributed by atoms with Gasteiger partial charge in [-0.1, -0.05) is 84.9 Å². The maximum atomic E-state index is 13.6. The van der Waals surface area contributed by atoms with Crippen LogP contribution in [0.5, 0.6) is 0 Å². The highest BCUT2D eigenvalue weighted by molar-refractivity contribution is 6.17. The average Bonchev–Trinajstić information content (AvgIpc) is 3.35. The molecule has 0 saturated carbocycles. The molecule has 8 nitrogen and oxygen atoms in total. The second kappa shape index (κ2) is 17.0. The molecule has 0 aromatic heterocycles. The van der Waals surface area contributed by atoms with Gasteiger partial charge < -0.3 is 26.2 Å². The summed E-state index contributed by atoms with van der Waals surface area (Å²) in [5, 5.41) is 31.3. The number of alkyl halides is 1. The zero-order valence-corrected chi connectivity index (χ0v) is 27.9. The average molecular weight is 649 g/mol. The van der Waals surface area contributed by atoms with Crippen molar-refractivity contribution < 1.29 is 19.8 Å². The maximum absolute atomic E-state index is 13.6. The molecule has 1 aliphatic heterocycles. The summed E-state index contributed by atoms with van der Waals surface area (Å²) in [6.07, 6.45) is -0.236. The zero-order chi connectivity index (χ0) is 33.1. The monoisotopic (exact) mass is 648 g/mol. The summed E-state index contributed by atoms with van der Waals surface area (Å²) in [7, 11) is 0. The Kier molecular flexibility index (Phi) is 13.2. The molecule has 2 aliphatic rings. The van der Waals surface area contributed by atoms with Gasteiger partial charge in [0.25, 0.3) is 0 Å². The Balaban J connectivity index is 0.000000523. The van der Waals surface area contributed by atoms with Crippen LogP contribution in [0.3, 0.4) is 0 Å². The van der Waals surface area contributed by atoms with Crippen molar-refractivity contribution in [3.8, 4) is 0 Å². The summed E-state index contributed by atoms with van der Waals surface area (Å²) in [5.74, 6) is -0.126. The molecule has 5 rings (SSSR count). The molecule has 5 N–H and O–H groups in total. The highest BCUT2D eigenvalue weighted by Crippen LogP contribution is 2.32. The van der Waals surface area contributed by atoms with Crippen LogP contribution in [-0.2, 0) is 28.3 Å². The minimum atomic E-state index is -0.793. The van der Waals surface area contributed by atoms with Crippen molar-refractivity contribution in [1.29, 1.82) is 0 Å². The molecule has 0 spiro atoms. The first-order valence-corrected chi connectivity index (χ1v) is 16.7. The third-order valence-corrected chi connectivity index (χ3v) is 8.66. The van der Waals surface area contributed by atoms with E-state index in [1.807, 2.05) is 111 Å². The van der Waals surface area contributed by atoms with Gasteiger partial charge in [0, 0.05) is 49.9 Å².